The molecule has 10 atom stereocenters. The summed E-state index contributed by atoms with van der Waals surface area (Å²) in [4.78, 5) is 192. The zero-order chi connectivity index (χ0) is 75.7. The number of ether oxygens (including phenoxy) is 1. The fourth-order valence-corrected chi connectivity index (χ4v) is 16.3. The first-order valence-electron chi connectivity index (χ1n) is 37.1. The van der Waals surface area contributed by atoms with E-state index in [1.807, 2.05) is 20.8 Å². The highest BCUT2D eigenvalue weighted by atomic mass is 19.4. The summed E-state index contributed by atoms with van der Waals surface area (Å²) < 4.78 is 77.1. The van der Waals surface area contributed by atoms with Gasteiger partial charge in [0.05, 0.1) is 26.2 Å². The molecule has 25 nitrogen and oxygen atoms in total. The predicted molar refractivity (Wildman–Crippen MR) is 368 cm³/mol. The van der Waals surface area contributed by atoms with Crippen LogP contribution in [0.15, 0.2) is 12.1 Å². The number of aryl methyl sites for hydroxylation is 1. The molecule has 0 unspecified atom stereocenters. The van der Waals surface area contributed by atoms with Gasteiger partial charge in [-0.05, 0) is 119 Å². The van der Waals surface area contributed by atoms with Crippen molar-refractivity contribution in [1.82, 2.24) is 60.0 Å². The Kier molecular flexibility index (Phi) is 27.6. The molecule has 0 bridgehead atoms. The van der Waals surface area contributed by atoms with Gasteiger partial charge in [0, 0.05) is 68.5 Å². The first-order valence-corrected chi connectivity index (χ1v) is 37.1. The van der Waals surface area contributed by atoms with Gasteiger partial charge in [-0.1, -0.05) is 91.9 Å². The molecule has 4 aliphatic heterocycles. The second kappa shape index (κ2) is 35.0. The standard InChI is InChI=1S/C73H109F5N12O13/c1-12-44(4)60-69(100)83(7)45(5)64(95)90-32-28-53(90)67(98)85(9)55(40-46-21-14-13-15-22-46)66(97)82(6)42-57(91)79-51(27-26-47-38-49(74)59(50(75)39-47)73(76,77)78)65(96)89-31-20-25-52(89)63(94)81-72(29-18-19-30-72)71(102)87(11)61(48-23-16-17-24-48)70(101)86(10)56(68(99)88-33-35-103-36-34-88)41-58(92)84(8)54(37-43(2)3)62(93)80-60/h38-39,43-46,48,51-56,60-61H,12-37,40-42H2,1-11H3,(H,79,91)(H,80,93)(H,81,94)/t44-,45-,51-,52-,53-,54-,55-,56-,60-,61-/m0/s1. The highest BCUT2D eigenvalue weighted by Gasteiger charge is 2.52. The van der Waals surface area contributed by atoms with Gasteiger partial charge < -0.3 is 64.8 Å². The monoisotopic (exact) mass is 1460 g/mol. The number of morpholine rings is 1. The normalized spacial score (nSPS) is 28.3. The molecule has 0 radical (unpaired) electrons. The second-order valence-corrected chi connectivity index (χ2v) is 30.5. The fraction of sp³-hybridized carbons (Fsp3) is 0.753. The Morgan fingerprint density at radius 2 is 1.24 bits per heavy atom. The van der Waals surface area contributed by atoms with Crippen LogP contribution in [0, 0.1) is 35.3 Å². The molecule has 7 aliphatic rings. The third-order valence-corrected chi connectivity index (χ3v) is 23.1. The predicted octanol–water partition coefficient (Wildman–Crippen LogP) is 5.04. The van der Waals surface area contributed by atoms with Gasteiger partial charge in [-0.3, -0.25) is 57.5 Å². The number of hydrogen-bond donors (Lipinski definition) is 3. The van der Waals surface area contributed by atoms with Crippen LogP contribution in [0.3, 0.4) is 0 Å². The van der Waals surface area contributed by atoms with Crippen molar-refractivity contribution in [2.75, 3.05) is 88.2 Å². The molecule has 30 heteroatoms. The van der Waals surface area contributed by atoms with E-state index in [0.29, 0.717) is 57.1 Å². The smallest absolute Gasteiger partial charge is 0.378 e. The van der Waals surface area contributed by atoms with Crippen molar-refractivity contribution in [2.45, 2.75) is 242 Å². The lowest BCUT2D eigenvalue weighted by atomic mass is 9.84. The Morgan fingerprint density at radius 3 is 1.83 bits per heavy atom. The van der Waals surface area contributed by atoms with Crippen molar-refractivity contribution in [2.24, 2.45) is 23.7 Å². The Balaban J connectivity index is 1.18. The summed E-state index contributed by atoms with van der Waals surface area (Å²) in [6.45, 7) is 8.73. The third-order valence-electron chi connectivity index (χ3n) is 23.1. The van der Waals surface area contributed by atoms with Gasteiger partial charge in [-0.15, -0.1) is 0 Å². The summed E-state index contributed by atoms with van der Waals surface area (Å²) in [6, 6.07) is -10.6. The van der Waals surface area contributed by atoms with Crippen LogP contribution in [0.25, 0.3) is 0 Å². The van der Waals surface area contributed by atoms with Gasteiger partial charge in [0.2, 0.25) is 70.9 Å². The van der Waals surface area contributed by atoms with E-state index in [9.17, 15) is 41.9 Å². The van der Waals surface area contributed by atoms with E-state index in [4.69, 9.17) is 4.74 Å². The van der Waals surface area contributed by atoms with Gasteiger partial charge in [0.15, 0.2) is 0 Å². The van der Waals surface area contributed by atoms with E-state index in [1.54, 1.807) is 6.92 Å². The van der Waals surface area contributed by atoms with Gasteiger partial charge >= 0.3 is 6.18 Å². The summed E-state index contributed by atoms with van der Waals surface area (Å²) in [5, 5.41) is 8.58. The number of rotatable bonds is 11. The number of nitrogens with one attached hydrogen (secondary N) is 3. The Morgan fingerprint density at radius 1 is 0.631 bits per heavy atom. The maximum absolute atomic E-state index is 15.7. The minimum Gasteiger partial charge on any atom is -0.378 e. The molecule has 574 valence electrons. The maximum Gasteiger partial charge on any atom is 0.422 e. The number of benzene rings is 1. The lowest BCUT2D eigenvalue weighted by Crippen LogP contribution is -2.65. The van der Waals surface area contributed by atoms with Crippen LogP contribution in [0.2, 0.25) is 0 Å². The quantitative estimate of drug-likeness (QED) is 0.246. The SMILES string of the molecule is CC[C@H](C)[C@@H]1NC(=O)[C@H](CC(C)C)N(C)C(=O)C[C@@H](C(=O)N2CCOCC2)N(C)C(=O)[C@H](C2CCCC2)N(C)C(=O)C2(CCCC2)NC(=O)[C@@H]2CCCN2C(=O)[C@H](CCc2cc(F)c(C(F)(F)F)c(F)c2)NC(=O)CN(C)C(=O)[C@H](CC2CCCCC2)N(C)C(=O)[C@@H]2CCN2C(=O)[C@H](C)N(C)C1=O. The number of hydrogen-bond acceptors (Lipinski definition) is 13. The fourth-order valence-electron chi connectivity index (χ4n) is 16.3. The molecule has 4 heterocycles. The summed E-state index contributed by atoms with van der Waals surface area (Å²) in [7, 11) is 8.46. The van der Waals surface area contributed by atoms with Crippen LogP contribution in [0.1, 0.15) is 181 Å². The highest BCUT2D eigenvalue weighted by molar-refractivity contribution is 6.01. The number of nitrogens with zero attached hydrogens (tertiary/aromatic N) is 9. The van der Waals surface area contributed by atoms with Crippen LogP contribution in [0.5, 0.6) is 0 Å². The van der Waals surface area contributed by atoms with Crippen LogP contribution >= 0.6 is 0 Å². The Bertz CT molecular complexity index is 3260. The molecule has 1 spiro atoms. The molecule has 4 saturated heterocycles. The van der Waals surface area contributed by atoms with Gasteiger partial charge in [0.25, 0.3) is 0 Å². The largest absolute Gasteiger partial charge is 0.422 e. The van der Waals surface area contributed by atoms with Crippen molar-refractivity contribution in [3.8, 4) is 0 Å². The topological polar surface area (TPSA) is 279 Å². The summed E-state index contributed by atoms with van der Waals surface area (Å²) in [5.74, 6) is -13.3. The summed E-state index contributed by atoms with van der Waals surface area (Å²) in [6.07, 6.45) is 1.97. The van der Waals surface area contributed by atoms with Crippen LogP contribution in [-0.2, 0) is 74.9 Å². The number of likely N-dealkylation sites (N-methyl/N-ethyl adjacent to an activating group) is 6. The zero-order valence-corrected chi connectivity index (χ0v) is 61.9. The van der Waals surface area contributed by atoms with Gasteiger partial charge in [-0.25, -0.2) is 8.78 Å². The Labute approximate surface area is 601 Å². The molecule has 3 saturated carbocycles. The van der Waals surface area contributed by atoms with Crippen molar-refractivity contribution >= 4 is 70.9 Å². The minimum atomic E-state index is -5.39. The van der Waals surface area contributed by atoms with E-state index in [0.717, 1.165) is 37.0 Å². The van der Waals surface area contributed by atoms with Crippen molar-refractivity contribution in [1.29, 1.82) is 0 Å². The highest BCUT2D eigenvalue weighted by Crippen LogP contribution is 2.39. The van der Waals surface area contributed by atoms with Gasteiger partial charge in [0.1, 0.15) is 77.1 Å². The lowest BCUT2D eigenvalue weighted by molar-refractivity contribution is -0.160. The van der Waals surface area contributed by atoms with E-state index < -0.39 is 192 Å². The van der Waals surface area contributed by atoms with E-state index in [1.165, 1.54) is 88.4 Å². The molecule has 1 aromatic rings. The number of amides is 12. The molecular formula is C73H109F5N12O13. The number of fused-ring (bicyclic) bond motifs is 2. The van der Waals surface area contributed by atoms with Crippen molar-refractivity contribution in [3.63, 3.8) is 0 Å². The molecule has 12 amide bonds. The van der Waals surface area contributed by atoms with Crippen LogP contribution < -0.4 is 16.0 Å². The minimum absolute atomic E-state index is 0.0241. The molecule has 0 aromatic heterocycles. The molecular weight excluding hydrogens is 1350 g/mol. The zero-order valence-electron chi connectivity index (χ0n) is 61.9. The second-order valence-electron chi connectivity index (χ2n) is 30.5. The van der Waals surface area contributed by atoms with Crippen LogP contribution in [0.4, 0.5) is 22.0 Å². The number of carbonyl (C=O) groups is 12. The van der Waals surface area contributed by atoms with Crippen molar-refractivity contribution in [3.05, 3.63) is 34.9 Å². The lowest BCUT2D eigenvalue weighted by Gasteiger charge is -2.45. The molecule has 7 fully saturated rings. The van der Waals surface area contributed by atoms with E-state index >= 15 is 37.5 Å². The third kappa shape index (κ3) is 18.8. The summed E-state index contributed by atoms with van der Waals surface area (Å²) >= 11 is 0. The molecule has 3 aliphatic carbocycles. The van der Waals surface area contributed by atoms with E-state index in [2.05, 4.69) is 16.0 Å². The summed E-state index contributed by atoms with van der Waals surface area (Å²) in [5.41, 5.74) is -4.06. The first-order chi connectivity index (χ1) is 48.6. The molecule has 1 aromatic carbocycles. The average Bonchev–Trinajstić information content (AvgIpc) is 1.76. The van der Waals surface area contributed by atoms with Crippen molar-refractivity contribution < 1.29 is 84.2 Å². The van der Waals surface area contributed by atoms with Crippen LogP contribution in [-0.4, -0.2) is 263 Å². The number of alkyl halides is 3. The Hall–Kier alpha value is -7.53. The van der Waals surface area contributed by atoms with Gasteiger partial charge in [-0.2, -0.15) is 13.2 Å². The molecule has 103 heavy (non-hydrogen) atoms. The number of carbonyl (C=O) groups excluding carboxylic acids is 12. The maximum atomic E-state index is 15.7. The average molecular weight is 1460 g/mol. The van der Waals surface area contributed by atoms with E-state index in [-0.39, 0.29) is 102 Å². The first kappa shape index (κ1) is 81.1. The number of halogens is 5. The molecule has 3 N–H and O–H groups in total. The molecule has 8 rings (SSSR count).